The average molecular weight is 183 g/mol. The molecule has 0 aliphatic heterocycles. The van der Waals surface area contributed by atoms with Crippen molar-refractivity contribution in [1.29, 1.82) is 5.26 Å². The number of pyridine rings is 1. The third-order valence-corrected chi connectivity index (χ3v) is 1.61. The molecule has 0 aliphatic carbocycles. The molecule has 1 aromatic rings. The van der Waals surface area contributed by atoms with Crippen molar-refractivity contribution in [3.8, 4) is 6.07 Å². The molecule has 0 atom stereocenters. The maximum absolute atomic E-state index is 12.3. The molecule has 5 heteroatoms. The molecule has 0 aliphatic rings. The number of anilines is 1. The zero-order valence-corrected chi connectivity index (χ0v) is 6.88. The highest BCUT2D eigenvalue weighted by molar-refractivity contribution is 5.47. The quantitative estimate of drug-likeness (QED) is 0.721. The summed E-state index contributed by atoms with van der Waals surface area (Å²) in [6.07, 6.45) is -2.77. The van der Waals surface area contributed by atoms with E-state index in [1.54, 1.807) is 13.0 Å². The second-order valence-corrected chi connectivity index (χ2v) is 2.54. The normalized spacial score (nSPS) is 10.1. The van der Waals surface area contributed by atoms with Crippen LogP contribution in [0.1, 0.15) is 23.2 Å². The van der Waals surface area contributed by atoms with E-state index in [-0.39, 0.29) is 11.4 Å². The maximum atomic E-state index is 12.3. The lowest BCUT2D eigenvalue weighted by molar-refractivity contribution is 0.146. The number of nitrogens with zero attached hydrogens (tertiary/aromatic N) is 2. The third-order valence-electron chi connectivity index (χ3n) is 1.61. The summed E-state index contributed by atoms with van der Waals surface area (Å²) in [6.45, 7) is 1.61. The molecule has 2 N–H and O–H groups in total. The van der Waals surface area contributed by atoms with Crippen LogP contribution in [0.3, 0.4) is 0 Å². The van der Waals surface area contributed by atoms with Crippen LogP contribution in [0.5, 0.6) is 0 Å². The van der Waals surface area contributed by atoms with E-state index < -0.39 is 12.1 Å². The van der Waals surface area contributed by atoms with Crippen LogP contribution in [0.2, 0.25) is 0 Å². The minimum absolute atomic E-state index is 0.0364. The van der Waals surface area contributed by atoms with Crippen molar-refractivity contribution in [1.82, 2.24) is 4.98 Å². The number of nitriles is 1. The Balaban J connectivity index is 3.35. The molecule has 0 unspecified atom stereocenters. The molecule has 68 valence electrons. The molecule has 1 heterocycles. The van der Waals surface area contributed by atoms with Gasteiger partial charge >= 0.3 is 0 Å². The van der Waals surface area contributed by atoms with Gasteiger partial charge in [-0.1, -0.05) is 0 Å². The number of hydrogen-bond acceptors (Lipinski definition) is 3. The first-order chi connectivity index (χ1) is 6.06. The lowest BCUT2D eigenvalue weighted by Gasteiger charge is -2.04. The molecule has 3 nitrogen and oxygen atoms in total. The largest absolute Gasteiger partial charge is 0.383 e. The van der Waals surface area contributed by atoms with Gasteiger partial charge < -0.3 is 5.73 Å². The number of aromatic nitrogens is 1. The van der Waals surface area contributed by atoms with E-state index in [1.807, 2.05) is 0 Å². The van der Waals surface area contributed by atoms with Crippen molar-refractivity contribution in [2.45, 2.75) is 13.3 Å². The fourth-order valence-electron chi connectivity index (χ4n) is 0.898. The summed E-state index contributed by atoms with van der Waals surface area (Å²) in [4.78, 5) is 3.45. The number of rotatable bonds is 1. The Bertz CT molecular complexity index is 368. The van der Waals surface area contributed by atoms with E-state index in [2.05, 4.69) is 4.98 Å². The molecule has 0 spiro atoms. The SMILES string of the molecule is Cc1cc(C#N)c(C(F)F)nc1N. The first kappa shape index (κ1) is 9.39. The summed E-state index contributed by atoms with van der Waals surface area (Å²) in [5.74, 6) is 0.0364. The molecule has 0 radical (unpaired) electrons. The topological polar surface area (TPSA) is 62.7 Å². The summed E-state index contributed by atoms with van der Waals surface area (Å²) < 4.78 is 24.5. The lowest BCUT2D eigenvalue weighted by Crippen LogP contribution is -2.02. The van der Waals surface area contributed by atoms with Gasteiger partial charge in [-0.25, -0.2) is 13.8 Å². The van der Waals surface area contributed by atoms with Gasteiger partial charge in [-0.2, -0.15) is 5.26 Å². The summed E-state index contributed by atoms with van der Waals surface area (Å²) >= 11 is 0. The Kier molecular flexibility index (Phi) is 2.42. The monoisotopic (exact) mass is 183 g/mol. The maximum Gasteiger partial charge on any atom is 0.281 e. The van der Waals surface area contributed by atoms with Crippen LogP contribution in [-0.4, -0.2) is 4.98 Å². The van der Waals surface area contributed by atoms with Gasteiger partial charge in [-0.3, -0.25) is 0 Å². The Morgan fingerprint density at radius 2 is 2.23 bits per heavy atom. The van der Waals surface area contributed by atoms with E-state index in [0.717, 1.165) is 0 Å². The molecule has 0 saturated carbocycles. The minimum atomic E-state index is -2.77. The van der Waals surface area contributed by atoms with Gasteiger partial charge in [0.15, 0.2) is 0 Å². The van der Waals surface area contributed by atoms with E-state index in [4.69, 9.17) is 11.0 Å². The van der Waals surface area contributed by atoms with Gasteiger partial charge in [0, 0.05) is 0 Å². The number of hydrogen-bond donors (Lipinski definition) is 1. The van der Waals surface area contributed by atoms with Crippen molar-refractivity contribution >= 4 is 5.82 Å². The first-order valence-corrected chi connectivity index (χ1v) is 3.51. The third kappa shape index (κ3) is 1.72. The van der Waals surface area contributed by atoms with E-state index in [0.29, 0.717) is 5.56 Å². The van der Waals surface area contributed by atoms with Gasteiger partial charge in [0.1, 0.15) is 17.6 Å². The number of alkyl halides is 2. The molecule has 0 amide bonds. The van der Waals surface area contributed by atoms with E-state index in [9.17, 15) is 8.78 Å². The van der Waals surface area contributed by atoms with Crippen LogP contribution in [0.25, 0.3) is 0 Å². The highest BCUT2D eigenvalue weighted by Gasteiger charge is 2.16. The summed E-state index contributed by atoms with van der Waals surface area (Å²) in [6, 6.07) is 2.96. The highest BCUT2D eigenvalue weighted by atomic mass is 19.3. The number of aryl methyl sites for hydroxylation is 1. The van der Waals surface area contributed by atoms with Crippen LogP contribution in [0.4, 0.5) is 14.6 Å². The second-order valence-electron chi connectivity index (χ2n) is 2.54. The molecular formula is C8H7F2N3. The summed E-state index contributed by atoms with van der Waals surface area (Å²) in [7, 11) is 0. The van der Waals surface area contributed by atoms with Gasteiger partial charge in [0.2, 0.25) is 0 Å². The fourth-order valence-corrected chi connectivity index (χ4v) is 0.898. The fraction of sp³-hybridized carbons (Fsp3) is 0.250. The molecule has 1 aromatic heterocycles. The zero-order chi connectivity index (χ0) is 10.0. The van der Waals surface area contributed by atoms with Gasteiger partial charge in [-0.15, -0.1) is 0 Å². The molecule has 13 heavy (non-hydrogen) atoms. The zero-order valence-electron chi connectivity index (χ0n) is 6.88. The first-order valence-electron chi connectivity index (χ1n) is 3.51. The Labute approximate surface area is 73.8 Å². The molecule has 0 saturated heterocycles. The second kappa shape index (κ2) is 3.35. The lowest BCUT2D eigenvalue weighted by atomic mass is 10.1. The van der Waals surface area contributed by atoms with Crippen LogP contribution < -0.4 is 5.73 Å². The number of halogens is 2. The van der Waals surface area contributed by atoms with E-state index >= 15 is 0 Å². The van der Waals surface area contributed by atoms with Gasteiger partial charge in [-0.05, 0) is 18.6 Å². The van der Waals surface area contributed by atoms with Crippen LogP contribution >= 0.6 is 0 Å². The van der Waals surface area contributed by atoms with Crippen molar-refractivity contribution in [2.75, 3.05) is 5.73 Å². The molecule has 0 aromatic carbocycles. The van der Waals surface area contributed by atoms with Crippen LogP contribution in [0.15, 0.2) is 6.07 Å². The Morgan fingerprint density at radius 1 is 1.62 bits per heavy atom. The van der Waals surface area contributed by atoms with Gasteiger partial charge in [0.25, 0.3) is 6.43 Å². The standard InChI is InChI=1S/C8H7F2N3/c1-4-2-5(3-11)6(7(9)10)13-8(4)12/h2,7H,1H3,(H2,12,13). The van der Waals surface area contributed by atoms with Crippen molar-refractivity contribution in [3.05, 3.63) is 22.9 Å². The molecule has 1 rings (SSSR count). The number of nitrogen functional groups attached to an aromatic ring is 1. The molecule has 0 bridgehead atoms. The molecular weight excluding hydrogens is 176 g/mol. The smallest absolute Gasteiger partial charge is 0.281 e. The van der Waals surface area contributed by atoms with Crippen molar-refractivity contribution in [2.24, 2.45) is 0 Å². The predicted molar refractivity (Wildman–Crippen MR) is 43.1 cm³/mol. The summed E-state index contributed by atoms with van der Waals surface area (Å²) in [5, 5.41) is 8.52. The Hall–Kier alpha value is -1.70. The predicted octanol–water partition coefficient (Wildman–Crippen LogP) is 1.78. The van der Waals surface area contributed by atoms with E-state index in [1.165, 1.54) is 6.07 Å². The minimum Gasteiger partial charge on any atom is -0.383 e. The average Bonchev–Trinajstić information content (AvgIpc) is 2.08. The van der Waals surface area contributed by atoms with Gasteiger partial charge in [0.05, 0.1) is 5.56 Å². The number of nitrogens with two attached hydrogens (primary N) is 1. The Morgan fingerprint density at radius 3 is 2.69 bits per heavy atom. The van der Waals surface area contributed by atoms with Crippen LogP contribution in [0, 0.1) is 18.3 Å². The highest BCUT2D eigenvalue weighted by Crippen LogP contribution is 2.23. The van der Waals surface area contributed by atoms with Crippen molar-refractivity contribution < 1.29 is 8.78 Å². The van der Waals surface area contributed by atoms with Crippen LogP contribution in [-0.2, 0) is 0 Å². The summed E-state index contributed by atoms with van der Waals surface area (Å²) in [5.41, 5.74) is 5.18. The molecule has 0 fully saturated rings. The van der Waals surface area contributed by atoms with Crippen molar-refractivity contribution in [3.63, 3.8) is 0 Å².